The molecule has 0 atom stereocenters. The van der Waals surface area contributed by atoms with Gasteiger partial charge in [-0.15, -0.1) is 0 Å². The van der Waals surface area contributed by atoms with E-state index in [1.165, 1.54) is 13.4 Å². The van der Waals surface area contributed by atoms with E-state index in [-0.39, 0.29) is 22.7 Å². The Hall–Kier alpha value is -1.08. The van der Waals surface area contributed by atoms with Crippen LogP contribution in [0.5, 0.6) is 5.75 Å². The van der Waals surface area contributed by atoms with Crippen LogP contribution >= 0.6 is 11.6 Å². The van der Waals surface area contributed by atoms with E-state index in [4.69, 9.17) is 16.3 Å². The molecule has 18 heavy (non-hydrogen) atoms. The van der Waals surface area contributed by atoms with Crippen LogP contribution in [0.1, 0.15) is 12.8 Å². The Morgan fingerprint density at radius 3 is 2.67 bits per heavy atom. The van der Waals surface area contributed by atoms with E-state index < -0.39 is 9.84 Å². The van der Waals surface area contributed by atoms with Gasteiger partial charge in [0, 0.05) is 6.04 Å². The molecule has 1 fully saturated rings. The topological polar surface area (TPSA) is 81.2 Å². The molecule has 0 radical (unpaired) electrons. The summed E-state index contributed by atoms with van der Waals surface area (Å²) in [4.78, 5) is 7.88. The van der Waals surface area contributed by atoms with E-state index in [0.717, 1.165) is 0 Å². The second-order valence-electron chi connectivity index (χ2n) is 4.12. The maximum absolute atomic E-state index is 11.3. The maximum Gasteiger partial charge on any atom is 0.198 e. The summed E-state index contributed by atoms with van der Waals surface area (Å²) in [6.45, 7) is 0. The van der Waals surface area contributed by atoms with Crippen LogP contribution in [0.2, 0.25) is 5.15 Å². The number of anilines is 1. The van der Waals surface area contributed by atoms with Crippen LogP contribution in [0.15, 0.2) is 6.33 Å². The van der Waals surface area contributed by atoms with Crippen LogP contribution < -0.4 is 10.1 Å². The lowest BCUT2D eigenvalue weighted by Gasteiger charge is -2.24. The fourth-order valence-electron chi connectivity index (χ4n) is 1.86. The molecule has 0 saturated carbocycles. The minimum absolute atomic E-state index is 0.0633. The molecule has 0 spiro atoms. The van der Waals surface area contributed by atoms with Crippen molar-refractivity contribution in [3.8, 4) is 5.75 Å². The Labute approximate surface area is 111 Å². The molecule has 1 N–H and O–H groups in total. The van der Waals surface area contributed by atoms with Gasteiger partial charge in [-0.2, -0.15) is 0 Å². The van der Waals surface area contributed by atoms with Gasteiger partial charge in [0.1, 0.15) is 16.2 Å². The SMILES string of the molecule is COc1c(Cl)ncnc1NC1CCS(=O)(=O)CC1. The lowest BCUT2D eigenvalue weighted by molar-refractivity contribution is 0.412. The van der Waals surface area contributed by atoms with Gasteiger partial charge in [0.15, 0.2) is 16.7 Å². The molecular weight excluding hydrogens is 278 g/mol. The summed E-state index contributed by atoms with van der Waals surface area (Å²) in [5.74, 6) is 1.28. The van der Waals surface area contributed by atoms with Crippen molar-refractivity contribution >= 4 is 27.3 Å². The summed E-state index contributed by atoms with van der Waals surface area (Å²) < 4.78 is 27.8. The van der Waals surface area contributed by atoms with E-state index in [9.17, 15) is 8.42 Å². The molecule has 6 nitrogen and oxygen atoms in total. The molecule has 0 aliphatic carbocycles. The highest BCUT2D eigenvalue weighted by Crippen LogP contribution is 2.30. The third kappa shape index (κ3) is 3.02. The molecule has 1 aliphatic heterocycles. The van der Waals surface area contributed by atoms with E-state index in [1.807, 2.05) is 0 Å². The lowest BCUT2D eigenvalue weighted by Crippen LogP contribution is -2.32. The average molecular weight is 292 g/mol. The first-order valence-electron chi connectivity index (χ1n) is 5.53. The molecule has 100 valence electrons. The summed E-state index contributed by atoms with van der Waals surface area (Å²) in [6, 6.07) is 0.0633. The van der Waals surface area contributed by atoms with Crippen molar-refractivity contribution in [1.82, 2.24) is 9.97 Å². The summed E-state index contributed by atoms with van der Waals surface area (Å²) in [5.41, 5.74) is 0. The van der Waals surface area contributed by atoms with Gasteiger partial charge >= 0.3 is 0 Å². The average Bonchev–Trinajstić information content (AvgIpc) is 2.32. The van der Waals surface area contributed by atoms with E-state index in [2.05, 4.69) is 15.3 Å². The Morgan fingerprint density at radius 2 is 2.06 bits per heavy atom. The summed E-state index contributed by atoms with van der Waals surface area (Å²) in [5, 5.41) is 3.39. The molecule has 2 heterocycles. The number of halogens is 1. The molecule has 1 saturated heterocycles. The second kappa shape index (κ2) is 5.27. The van der Waals surface area contributed by atoms with Gasteiger partial charge in [-0.1, -0.05) is 11.6 Å². The van der Waals surface area contributed by atoms with Crippen molar-refractivity contribution in [3.63, 3.8) is 0 Å². The van der Waals surface area contributed by atoms with Gasteiger partial charge in [-0.3, -0.25) is 0 Å². The van der Waals surface area contributed by atoms with Crippen LogP contribution in [0.4, 0.5) is 5.82 Å². The van der Waals surface area contributed by atoms with Gasteiger partial charge in [-0.05, 0) is 12.8 Å². The molecule has 1 aromatic heterocycles. The number of sulfone groups is 1. The fourth-order valence-corrected chi connectivity index (χ4v) is 3.57. The van der Waals surface area contributed by atoms with Gasteiger partial charge in [0.05, 0.1) is 18.6 Å². The number of rotatable bonds is 3. The van der Waals surface area contributed by atoms with Crippen molar-refractivity contribution < 1.29 is 13.2 Å². The zero-order valence-corrected chi connectivity index (χ0v) is 11.5. The minimum Gasteiger partial charge on any atom is -0.490 e. The second-order valence-corrected chi connectivity index (χ2v) is 6.78. The molecule has 0 unspecified atom stereocenters. The highest BCUT2D eigenvalue weighted by Gasteiger charge is 2.24. The molecule has 0 amide bonds. The van der Waals surface area contributed by atoms with Gasteiger partial charge in [-0.25, -0.2) is 18.4 Å². The molecule has 0 aromatic carbocycles. The predicted octanol–water partition coefficient (Wildman–Crippen LogP) is 1.13. The highest BCUT2D eigenvalue weighted by atomic mass is 35.5. The largest absolute Gasteiger partial charge is 0.490 e. The third-order valence-corrected chi connectivity index (χ3v) is 4.84. The Morgan fingerprint density at radius 1 is 1.39 bits per heavy atom. The summed E-state index contributed by atoms with van der Waals surface area (Å²) in [6.07, 6.45) is 2.47. The Kier molecular flexibility index (Phi) is 3.91. The summed E-state index contributed by atoms with van der Waals surface area (Å²) >= 11 is 5.88. The molecular formula is C10H14ClN3O3S. The molecule has 0 bridgehead atoms. The number of methoxy groups -OCH3 is 1. The highest BCUT2D eigenvalue weighted by molar-refractivity contribution is 7.91. The number of hydrogen-bond donors (Lipinski definition) is 1. The monoisotopic (exact) mass is 291 g/mol. The van der Waals surface area contributed by atoms with E-state index in [1.54, 1.807) is 0 Å². The maximum atomic E-state index is 11.3. The Bertz CT molecular complexity index is 521. The van der Waals surface area contributed by atoms with Crippen molar-refractivity contribution in [2.45, 2.75) is 18.9 Å². The van der Waals surface area contributed by atoms with Crippen molar-refractivity contribution in [2.75, 3.05) is 23.9 Å². The molecule has 1 aromatic rings. The fraction of sp³-hybridized carbons (Fsp3) is 0.600. The number of ether oxygens (including phenoxy) is 1. The molecule has 1 aliphatic rings. The number of nitrogens with zero attached hydrogens (tertiary/aromatic N) is 2. The van der Waals surface area contributed by atoms with Gasteiger partial charge in [0.25, 0.3) is 0 Å². The van der Waals surface area contributed by atoms with Crippen LogP contribution in [-0.4, -0.2) is 43.0 Å². The van der Waals surface area contributed by atoms with Crippen molar-refractivity contribution in [3.05, 3.63) is 11.5 Å². The van der Waals surface area contributed by atoms with Crippen molar-refractivity contribution in [2.24, 2.45) is 0 Å². The normalized spacial score (nSPS) is 19.4. The number of nitrogens with one attached hydrogen (secondary N) is 1. The van der Waals surface area contributed by atoms with Gasteiger partial charge < -0.3 is 10.1 Å². The standard InChI is InChI=1S/C10H14ClN3O3S/c1-17-8-9(11)12-6-13-10(8)14-7-2-4-18(15,16)5-3-7/h6-7H,2-5H2,1H3,(H,12,13,14). The van der Waals surface area contributed by atoms with Crippen LogP contribution in [0.3, 0.4) is 0 Å². The van der Waals surface area contributed by atoms with Crippen molar-refractivity contribution in [1.29, 1.82) is 0 Å². The minimum atomic E-state index is -2.86. The molecule has 8 heteroatoms. The van der Waals surface area contributed by atoms with Crippen LogP contribution in [-0.2, 0) is 9.84 Å². The van der Waals surface area contributed by atoms with Crippen LogP contribution in [0.25, 0.3) is 0 Å². The number of aromatic nitrogens is 2. The third-order valence-electron chi connectivity index (χ3n) is 2.86. The smallest absolute Gasteiger partial charge is 0.198 e. The first-order valence-corrected chi connectivity index (χ1v) is 7.73. The van der Waals surface area contributed by atoms with Crippen LogP contribution in [0, 0.1) is 0 Å². The molecule has 2 rings (SSSR count). The predicted molar refractivity (Wildman–Crippen MR) is 68.9 cm³/mol. The first-order chi connectivity index (χ1) is 8.52. The first kappa shape index (κ1) is 13.4. The zero-order valence-electron chi connectivity index (χ0n) is 9.89. The quantitative estimate of drug-likeness (QED) is 0.841. The Balaban J connectivity index is 2.09. The van der Waals surface area contributed by atoms with E-state index in [0.29, 0.717) is 24.4 Å². The zero-order chi connectivity index (χ0) is 13.2. The summed E-state index contributed by atoms with van der Waals surface area (Å²) in [7, 11) is -1.37. The lowest BCUT2D eigenvalue weighted by atomic mass is 10.1. The van der Waals surface area contributed by atoms with E-state index >= 15 is 0 Å². The van der Waals surface area contributed by atoms with Gasteiger partial charge in [0.2, 0.25) is 0 Å². The number of hydrogen-bond acceptors (Lipinski definition) is 6.